The number of allylic oxidation sites excluding steroid dienone is 4. The molecule has 0 bridgehead atoms. The third kappa shape index (κ3) is 7.91. The van der Waals surface area contributed by atoms with Crippen molar-refractivity contribution in [3.63, 3.8) is 0 Å². The number of hydrogen-bond donors (Lipinski definition) is 0. The van der Waals surface area contributed by atoms with Crippen LogP contribution in [0.2, 0.25) is 0 Å². The molecule has 0 heterocycles. The highest BCUT2D eigenvalue weighted by Gasteiger charge is 2.30. The first-order valence-corrected chi connectivity index (χ1v) is 13.2. The first kappa shape index (κ1) is 24.8. The minimum absolute atomic E-state index is 0.551. The fourth-order valence-electron chi connectivity index (χ4n) is 5.96. The molecule has 0 atom stereocenters. The number of halogens is 1. The number of hydrogen-bond acceptors (Lipinski definition) is 1. The summed E-state index contributed by atoms with van der Waals surface area (Å²) in [5.74, 6) is 2.38. The zero-order valence-electron chi connectivity index (χ0n) is 20.1. The zero-order valence-corrected chi connectivity index (χ0v) is 20.1. The summed E-state index contributed by atoms with van der Waals surface area (Å²) >= 11 is 0. The van der Waals surface area contributed by atoms with Gasteiger partial charge in [0.05, 0.1) is 0 Å². The molecule has 0 amide bonds. The monoisotopic (exact) mass is 435 g/mol. The van der Waals surface area contributed by atoms with Gasteiger partial charge in [-0.25, -0.2) is 0 Å². The van der Waals surface area contributed by atoms with Gasteiger partial charge in [-0.3, -0.25) is 0 Å². The predicted octanol–water partition coefficient (Wildman–Crippen LogP) is 9.21. The summed E-state index contributed by atoms with van der Waals surface area (Å²) in [6, 6.07) is 11.1. The molecule has 1 aromatic rings. The molecule has 32 heavy (non-hydrogen) atoms. The van der Waals surface area contributed by atoms with E-state index in [1.54, 1.807) is 11.6 Å². The molecule has 3 rings (SSSR count). The van der Waals surface area contributed by atoms with Crippen LogP contribution in [0.1, 0.15) is 107 Å². The summed E-state index contributed by atoms with van der Waals surface area (Å²) in [5.41, 5.74) is 3.07. The summed E-state index contributed by atoms with van der Waals surface area (Å²) in [4.78, 5) is 0. The summed E-state index contributed by atoms with van der Waals surface area (Å²) in [5, 5.41) is 8.48. The molecule has 1 nitrogen and oxygen atoms in total. The van der Waals surface area contributed by atoms with E-state index in [-0.39, 0.29) is 0 Å². The Hall–Kier alpha value is -1.88. The molecule has 2 heteroatoms. The molecule has 1 aromatic carbocycles. The number of unbranched alkanes of at least 4 members (excludes halogenated alkanes) is 4. The van der Waals surface area contributed by atoms with Gasteiger partial charge in [-0.1, -0.05) is 69.0 Å². The van der Waals surface area contributed by atoms with Gasteiger partial charge in [-0.2, -0.15) is 9.65 Å². The second kappa shape index (κ2) is 13.6. The zero-order chi connectivity index (χ0) is 22.6. The minimum atomic E-state index is -0.705. The molecule has 0 radical (unpaired) electrons. The van der Waals surface area contributed by atoms with Crippen molar-refractivity contribution in [2.75, 3.05) is 0 Å². The van der Waals surface area contributed by atoms with Gasteiger partial charge in [0.15, 0.2) is 5.83 Å². The van der Waals surface area contributed by atoms with E-state index < -0.39 is 5.83 Å². The Balaban J connectivity index is 1.37. The average Bonchev–Trinajstić information content (AvgIpc) is 2.85. The van der Waals surface area contributed by atoms with Gasteiger partial charge in [0.25, 0.3) is 0 Å². The Labute approximate surface area is 195 Å². The van der Waals surface area contributed by atoms with Crippen LogP contribution in [-0.2, 0) is 6.42 Å². The van der Waals surface area contributed by atoms with Crippen molar-refractivity contribution in [2.45, 2.75) is 103 Å². The smallest absolute Gasteiger partial charge is 0.195 e. The lowest BCUT2D eigenvalue weighted by Gasteiger charge is -2.37. The quantitative estimate of drug-likeness (QED) is 0.204. The molecular formula is C30H42FN. The van der Waals surface area contributed by atoms with Crippen LogP contribution >= 0.6 is 0 Å². The maximum Gasteiger partial charge on any atom is 0.199 e. The number of nitrogens with zero attached hydrogens (tertiary/aromatic N) is 1. The van der Waals surface area contributed by atoms with Crippen LogP contribution < -0.4 is 0 Å². The maximum absolute atomic E-state index is 12.9. The summed E-state index contributed by atoms with van der Waals surface area (Å²) < 4.78 is 12.9. The standard InChI is InChI=1S/C30H42FN/c1-2-3-4-5-6-8-24-11-15-26(16-12-24)28-19-21-29(22-20-28)27-17-13-25(14-18-27)9-7-10-30(31)23-32/h7,9-12,15-16,25,27-29H,2-6,8,13-14,17-22H2,1H3/t25-,27-,28-,29-. The lowest BCUT2D eigenvalue weighted by atomic mass is 9.68. The van der Waals surface area contributed by atoms with E-state index in [4.69, 9.17) is 5.26 Å². The van der Waals surface area contributed by atoms with Gasteiger partial charge < -0.3 is 0 Å². The highest BCUT2D eigenvalue weighted by Crippen LogP contribution is 2.44. The number of benzene rings is 1. The SMILES string of the molecule is CCCCCCCc1ccc([C@H]2CC[C@H]([C@H]3CC[C@H](C=CC=C(F)C#N)CC3)CC2)cc1. The molecule has 2 aliphatic carbocycles. The molecule has 2 aliphatic rings. The molecule has 0 saturated heterocycles. The number of nitriles is 1. The van der Waals surface area contributed by atoms with Gasteiger partial charge in [-0.15, -0.1) is 0 Å². The molecule has 0 aromatic heterocycles. The molecule has 0 unspecified atom stereocenters. The van der Waals surface area contributed by atoms with E-state index in [1.807, 2.05) is 0 Å². The normalized spacial score (nSPS) is 26.8. The second-order valence-corrected chi connectivity index (χ2v) is 10.2. The average molecular weight is 436 g/mol. The van der Waals surface area contributed by atoms with E-state index in [2.05, 4.69) is 37.3 Å². The third-order valence-corrected chi connectivity index (χ3v) is 8.01. The van der Waals surface area contributed by atoms with E-state index >= 15 is 0 Å². The van der Waals surface area contributed by atoms with E-state index in [0.717, 1.165) is 17.8 Å². The fourth-order valence-corrected chi connectivity index (χ4v) is 5.96. The third-order valence-electron chi connectivity index (χ3n) is 8.01. The van der Waals surface area contributed by atoms with Crippen molar-refractivity contribution < 1.29 is 4.39 Å². The number of rotatable bonds is 10. The molecule has 174 valence electrons. The summed E-state index contributed by atoms with van der Waals surface area (Å²) in [7, 11) is 0. The van der Waals surface area contributed by atoms with E-state index in [0.29, 0.717) is 5.92 Å². The van der Waals surface area contributed by atoms with E-state index in [9.17, 15) is 4.39 Å². The van der Waals surface area contributed by atoms with Crippen molar-refractivity contribution >= 4 is 0 Å². The molecule has 0 spiro atoms. The Morgan fingerprint density at radius 3 is 2.16 bits per heavy atom. The van der Waals surface area contributed by atoms with Crippen LogP contribution in [0.15, 0.2) is 48.3 Å². The predicted molar refractivity (Wildman–Crippen MR) is 133 cm³/mol. The van der Waals surface area contributed by atoms with Crippen LogP contribution in [0.3, 0.4) is 0 Å². The first-order chi connectivity index (χ1) is 15.7. The van der Waals surface area contributed by atoms with Gasteiger partial charge in [0.2, 0.25) is 0 Å². The number of aryl methyl sites for hydroxylation is 1. The highest BCUT2D eigenvalue weighted by atomic mass is 19.1. The van der Waals surface area contributed by atoms with Crippen molar-refractivity contribution in [2.24, 2.45) is 17.8 Å². The summed E-state index contributed by atoms with van der Waals surface area (Å²) in [6.07, 6.45) is 23.6. The molecule has 0 N–H and O–H groups in total. The maximum atomic E-state index is 12.9. The lowest BCUT2D eigenvalue weighted by molar-refractivity contribution is 0.171. The van der Waals surface area contributed by atoms with Gasteiger partial charge >= 0.3 is 0 Å². The van der Waals surface area contributed by atoms with Crippen molar-refractivity contribution in [3.05, 3.63) is 59.4 Å². The molecular weight excluding hydrogens is 393 g/mol. The highest BCUT2D eigenvalue weighted by molar-refractivity contribution is 5.26. The summed E-state index contributed by atoms with van der Waals surface area (Å²) in [6.45, 7) is 2.28. The van der Waals surface area contributed by atoms with Crippen LogP contribution in [0.5, 0.6) is 0 Å². The van der Waals surface area contributed by atoms with Gasteiger partial charge in [0, 0.05) is 0 Å². The van der Waals surface area contributed by atoms with Crippen LogP contribution in [0.25, 0.3) is 0 Å². The Morgan fingerprint density at radius 1 is 0.906 bits per heavy atom. The first-order valence-electron chi connectivity index (χ1n) is 13.2. The van der Waals surface area contributed by atoms with Crippen LogP contribution in [0, 0.1) is 29.1 Å². The van der Waals surface area contributed by atoms with Crippen molar-refractivity contribution in [1.29, 1.82) is 5.26 Å². The second-order valence-electron chi connectivity index (χ2n) is 10.2. The van der Waals surface area contributed by atoms with Gasteiger partial charge in [0.1, 0.15) is 6.07 Å². The van der Waals surface area contributed by atoms with Crippen LogP contribution in [0.4, 0.5) is 4.39 Å². The van der Waals surface area contributed by atoms with Crippen molar-refractivity contribution in [1.82, 2.24) is 0 Å². The molecule has 2 saturated carbocycles. The minimum Gasteiger partial charge on any atom is -0.195 e. The molecule has 0 aliphatic heterocycles. The van der Waals surface area contributed by atoms with Crippen molar-refractivity contribution in [3.8, 4) is 6.07 Å². The van der Waals surface area contributed by atoms with Crippen LogP contribution in [-0.4, -0.2) is 0 Å². The largest absolute Gasteiger partial charge is 0.199 e. The van der Waals surface area contributed by atoms with E-state index in [1.165, 1.54) is 108 Å². The Morgan fingerprint density at radius 2 is 1.53 bits per heavy atom. The lowest BCUT2D eigenvalue weighted by Crippen LogP contribution is -2.25. The Bertz CT molecular complexity index is 753. The van der Waals surface area contributed by atoms with Gasteiger partial charge in [-0.05, 0) is 105 Å². The molecule has 2 fully saturated rings. The Kier molecular flexibility index (Phi) is 10.5. The fraction of sp³-hybridized carbons (Fsp3) is 0.633. The topological polar surface area (TPSA) is 23.8 Å².